The molecule has 5 heteroatoms. The molecule has 0 radical (unpaired) electrons. The molecular weight excluding hydrogens is 294 g/mol. The Labute approximate surface area is 140 Å². The van der Waals surface area contributed by atoms with Gasteiger partial charge in [-0.2, -0.15) is 11.8 Å². The molecule has 2 aliphatic rings. The van der Waals surface area contributed by atoms with Crippen LogP contribution in [0.15, 0.2) is 0 Å². The van der Waals surface area contributed by atoms with Crippen molar-refractivity contribution in [3.8, 4) is 0 Å². The van der Waals surface area contributed by atoms with Gasteiger partial charge in [0.2, 0.25) is 0 Å². The summed E-state index contributed by atoms with van der Waals surface area (Å²) < 4.78 is 0. The smallest absolute Gasteiger partial charge is 0.317 e. The number of carbonyl (C=O) groups is 1. The number of urea groups is 1. The van der Waals surface area contributed by atoms with Crippen LogP contribution in [0.3, 0.4) is 0 Å². The van der Waals surface area contributed by atoms with E-state index in [-0.39, 0.29) is 6.03 Å². The summed E-state index contributed by atoms with van der Waals surface area (Å²) in [5, 5.41) is 3.91. The molecule has 0 unspecified atom stereocenters. The number of nitrogens with zero attached hydrogens (tertiary/aromatic N) is 2. The average Bonchev–Trinajstić information content (AvgIpc) is 3.02. The number of likely N-dealkylation sites (tertiary alicyclic amines) is 1. The molecule has 2 atom stereocenters. The fraction of sp³-hybridized carbons (Fsp3) is 0.941. The van der Waals surface area contributed by atoms with Crippen molar-refractivity contribution in [2.45, 2.75) is 56.7 Å². The van der Waals surface area contributed by atoms with Gasteiger partial charge in [0.25, 0.3) is 0 Å². The normalized spacial score (nSPS) is 27.0. The van der Waals surface area contributed by atoms with E-state index in [1.807, 2.05) is 23.7 Å². The first kappa shape index (κ1) is 17.9. The molecule has 1 N–H and O–H groups in total. The van der Waals surface area contributed by atoms with E-state index >= 15 is 0 Å². The molecule has 1 saturated heterocycles. The van der Waals surface area contributed by atoms with Crippen LogP contribution in [0.2, 0.25) is 0 Å². The Morgan fingerprint density at radius 2 is 2.00 bits per heavy atom. The molecule has 0 aromatic rings. The fourth-order valence-corrected chi connectivity index (χ4v) is 4.52. The third kappa shape index (κ3) is 5.05. The van der Waals surface area contributed by atoms with Crippen LogP contribution in [0.4, 0.5) is 4.79 Å². The topological polar surface area (TPSA) is 35.6 Å². The first-order chi connectivity index (χ1) is 10.6. The molecule has 1 saturated carbocycles. The monoisotopic (exact) mass is 327 g/mol. The number of hydrogen-bond acceptors (Lipinski definition) is 3. The summed E-state index contributed by atoms with van der Waals surface area (Å²) in [5.74, 6) is 0.660. The van der Waals surface area contributed by atoms with Gasteiger partial charge >= 0.3 is 6.03 Å². The summed E-state index contributed by atoms with van der Waals surface area (Å²) in [6.07, 6.45) is 9.43. The van der Waals surface area contributed by atoms with E-state index in [1.165, 1.54) is 45.3 Å². The maximum Gasteiger partial charge on any atom is 0.317 e. The highest BCUT2D eigenvalue weighted by molar-refractivity contribution is 7.99. The lowest BCUT2D eigenvalue weighted by Crippen LogP contribution is -2.45. The molecule has 0 bridgehead atoms. The Hall–Kier alpha value is -0.420. The molecule has 2 amide bonds. The van der Waals surface area contributed by atoms with Crippen molar-refractivity contribution in [1.82, 2.24) is 15.1 Å². The van der Waals surface area contributed by atoms with E-state index in [0.717, 1.165) is 24.6 Å². The van der Waals surface area contributed by atoms with Crippen LogP contribution in [-0.4, -0.2) is 66.6 Å². The van der Waals surface area contributed by atoms with E-state index in [9.17, 15) is 4.79 Å². The van der Waals surface area contributed by atoms with Crippen molar-refractivity contribution in [2.24, 2.45) is 5.92 Å². The summed E-state index contributed by atoms with van der Waals surface area (Å²) in [5.41, 5.74) is 0. The molecule has 1 aliphatic carbocycles. The highest BCUT2D eigenvalue weighted by atomic mass is 32.2. The van der Waals surface area contributed by atoms with Crippen molar-refractivity contribution >= 4 is 17.8 Å². The summed E-state index contributed by atoms with van der Waals surface area (Å²) in [4.78, 5) is 16.8. The van der Waals surface area contributed by atoms with Crippen LogP contribution >= 0.6 is 11.8 Å². The van der Waals surface area contributed by atoms with E-state index < -0.39 is 0 Å². The highest BCUT2D eigenvalue weighted by Gasteiger charge is 2.29. The number of rotatable bonds is 6. The molecule has 0 aromatic heterocycles. The van der Waals surface area contributed by atoms with Gasteiger partial charge in [0.05, 0.1) is 0 Å². The van der Waals surface area contributed by atoms with Gasteiger partial charge in [-0.3, -0.25) is 0 Å². The third-order valence-corrected chi connectivity index (χ3v) is 6.44. The molecule has 4 nitrogen and oxygen atoms in total. The van der Waals surface area contributed by atoms with E-state index in [1.54, 1.807) is 0 Å². The molecular formula is C17H33N3OS. The minimum absolute atomic E-state index is 0.128. The predicted molar refractivity (Wildman–Crippen MR) is 95.6 cm³/mol. The second kappa shape index (κ2) is 9.02. The van der Waals surface area contributed by atoms with Gasteiger partial charge < -0.3 is 15.1 Å². The lowest BCUT2D eigenvalue weighted by Gasteiger charge is -2.32. The van der Waals surface area contributed by atoms with Gasteiger partial charge in [-0.25, -0.2) is 4.79 Å². The van der Waals surface area contributed by atoms with E-state index in [4.69, 9.17) is 0 Å². The van der Waals surface area contributed by atoms with Gasteiger partial charge in [-0.05, 0) is 70.3 Å². The highest BCUT2D eigenvalue weighted by Crippen LogP contribution is 2.30. The van der Waals surface area contributed by atoms with Crippen LogP contribution in [0.1, 0.15) is 45.4 Å². The molecule has 22 heavy (non-hydrogen) atoms. The van der Waals surface area contributed by atoms with Crippen LogP contribution in [0, 0.1) is 5.92 Å². The molecule has 2 fully saturated rings. The lowest BCUT2D eigenvalue weighted by atomic mass is 9.97. The number of piperidine rings is 1. The number of amides is 2. The zero-order valence-corrected chi connectivity index (χ0v) is 15.3. The van der Waals surface area contributed by atoms with Crippen molar-refractivity contribution in [3.05, 3.63) is 0 Å². The summed E-state index contributed by atoms with van der Waals surface area (Å²) in [6, 6.07) is 0.562. The largest absolute Gasteiger partial charge is 0.338 e. The molecule has 0 spiro atoms. The van der Waals surface area contributed by atoms with Crippen LogP contribution < -0.4 is 5.32 Å². The Morgan fingerprint density at radius 3 is 2.59 bits per heavy atom. The van der Waals surface area contributed by atoms with Crippen molar-refractivity contribution in [1.29, 1.82) is 0 Å². The van der Waals surface area contributed by atoms with Gasteiger partial charge in [-0.15, -0.1) is 0 Å². The SMILES string of the molecule is CCCN1CCC(CNC(=O)N(C)[C@@H]2CC[C@@H](SC)C2)CC1. The quantitative estimate of drug-likeness (QED) is 0.814. The summed E-state index contributed by atoms with van der Waals surface area (Å²) in [6.45, 7) is 6.71. The maximum absolute atomic E-state index is 12.3. The van der Waals surface area contributed by atoms with Crippen molar-refractivity contribution in [2.75, 3.05) is 39.5 Å². The lowest BCUT2D eigenvalue weighted by molar-refractivity contribution is 0.170. The van der Waals surface area contributed by atoms with Gasteiger partial charge in [-0.1, -0.05) is 6.92 Å². The first-order valence-electron chi connectivity index (χ1n) is 8.89. The number of carbonyl (C=O) groups excluding carboxylic acids is 1. The molecule has 2 rings (SSSR count). The average molecular weight is 328 g/mol. The van der Waals surface area contributed by atoms with Crippen LogP contribution in [-0.2, 0) is 0 Å². The zero-order valence-electron chi connectivity index (χ0n) is 14.5. The zero-order chi connectivity index (χ0) is 15.9. The summed E-state index contributed by atoms with van der Waals surface area (Å²) >= 11 is 1.94. The number of nitrogens with one attached hydrogen (secondary N) is 1. The molecule has 1 heterocycles. The van der Waals surface area contributed by atoms with Crippen molar-refractivity contribution < 1.29 is 4.79 Å². The van der Waals surface area contributed by atoms with Gasteiger partial charge in [0.15, 0.2) is 0 Å². The second-order valence-corrected chi connectivity index (χ2v) is 8.04. The Kier molecular flexibility index (Phi) is 7.35. The van der Waals surface area contributed by atoms with Crippen molar-refractivity contribution in [3.63, 3.8) is 0 Å². The molecule has 0 aromatic carbocycles. The Balaban J connectivity index is 1.65. The number of thioether (sulfide) groups is 1. The fourth-order valence-electron chi connectivity index (χ4n) is 3.74. The minimum Gasteiger partial charge on any atom is -0.338 e. The van der Waals surface area contributed by atoms with Crippen LogP contribution in [0.5, 0.6) is 0 Å². The third-order valence-electron chi connectivity index (χ3n) is 5.35. The van der Waals surface area contributed by atoms with Gasteiger partial charge in [0, 0.05) is 24.9 Å². The minimum atomic E-state index is 0.128. The Bertz CT molecular complexity index is 345. The van der Waals surface area contributed by atoms with E-state index in [0.29, 0.717) is 12.0 Å². The van der Waals surface area contributed by atoms with E-state index in [2.05, 4.69) is 23.4 Å². The van der Waals surface area contributed by atoms with Gasteiger partial charge in [0.1, 0.15) is 0 Å². The standard InChI is InChI=1S/C17H33N3OS/c1-4-9-20-10-7-14(8-11-20)13-18-17(21)19(2)15-5-6-16(12-15)22-3/h14-16H,4-13H2,1-3H3,(H,18,21)/t15-,16-/m1/s1. The predicted octanol–water partition coefficient (Wildman–Crippen LogP) is 3.03. The van der Waals surface area contributed by atoms with Crippen LogP contribution in [0.25, 0.3) is 0 Å². The molecule has 1 aliphatic heterocycles. The molecule has 128 valence electrons. The number of hydrogen-bond donors (Lipinski definition) is 1. The second-order valence-electron chi connectivity index (χ2n) is 6.91. The maximum atomic E-state index is 12.3. The first-order valence-corrected chi connectivity index (χ1v) is 10.2. The summed E-state index contributed by atoms with van der Waals surface area (Å²) in [7, 11) is 1.96. The Morgan fingerprint density at radius 1 is 1.27 bits per heavy atom.